The molecule has 0 spiro atoms. The van der Waals surface area contributed by atoms with Crippen LogP contribution in [-0.4, -0.2) is 39.4 Å². The Bertz CT molecular complexity index is 776. The molecule has 2 aliphatic rings. The van der Waals surface area contributed by atoms with Gasteiger partial charge in [-0.25, -0.2) is 8.42 Å². The van der Waals surface area contributed by atoms with Crippen molar-refractivity contribution >= 4 is 27.5 Å². The van der Waals surface area contributed by atoms with Gasteiger partial charge in [0.1, 0.15) is 6.04 Å². The highest BCUT2D eigenvalue weighted by Crippen LogP contribution is 2.26. The normalized spacial score (nSPS) is 21.9. The molecule has 2 amide bonds. The van der Waals surface area contributed by atoms with Crippen LogP contribution in [-0.2, 0) is 19.6 Å². The van der Waals surface area contributed by atoms with E-state index in [0.29, 0.717) is 37.2 Å². The van der Waals surface area contributed by atoms with E-state index >= 15 is 0 Å². The number of piperidine rings is 1. The van der Waals surface area contributed by atoms with Crippen LogP contribution < -0.4 is 14.9 Å². The van der Waals surface area contributed by atoms with Crippen molar-refractivity contribution in [3.8, 4) is 0 Å². The highest BCUT2D eigenvalue weighted by atomic mass is 32.2. The monoisotopic (exact) mass is 351 g/mol. The third-order valence-electron chi connectivity index (χ3n) is 4.43. The Hall–Kier alpha value is -1.93. The summed E-state index contributed by atoms with van der Waals surface area (Å²) < 4.78 is 27.9. The molecule has 1 aromatic carbocycles. The Morgan fingerprint density at radius 3 is 2.71 bits per heavy atom. The molecular weight excluding hydrogens is 330 g/mol. The maximum Gasteiger partial charge on any atom is 0.241 e. The van der Waals surface area contributed by atoms with Crippen LogP contribution in [0.3, 0.4) is 0 Å². The smallest absolute Gasteiger partial charge is 0.241 e. The first-order valence-corrected chi connectivity index (χ1v) is 9.58. The fourth-order valence-corrected chi connectivity index (χ4v) is 4.60. The van der Waals surface area contributed by atoms with Gasteiger partial charge < -0.3 is 10.2 Å². The number of hydrogen-bond donors (Lipinski definition) is 2. The van der Waals surface area contributed by atoms with Crippen LogP contribution in [0.15, 0.2) is 23.1 Å². The van der Waals surface area contributed by atoms with Gasteiger partial charge in [0.2, 0.25) is 21.8 Å². The first-order chi connectivity index (χ1) is 11.4. The third-order valence-corrected chi connectivity index (χ3v) is 6.04. The van der Waals surface area contributed by atoms with Crippen molar-refractivity contribution in [2.24, 2.45) is 0 Å². The fraction of sp³-hybridized carbons (Fsp3) is 0.500. The summed E-state index contributed by atoms with van der Waals surface area (Å²) in [4.78, 5) is 25.4. The minimum atomic E-state index is -3.84. The summed E-state index contributed by atoms with van der Waals surface area (Å²) in [5, 5.41) is 2.66. The molecule has 1 aromatic rings. The van der Waals surface area contributed by atoms with E-state index in [1.807, 2.05) is 0 Å². The lowest BCUT2D eigenvalue weighted by Gasteiger charge is -2.23. The van der Waals surface area contributed by atoms with Crippen LogP contribution >= 0.6 is 0 Å². The predicted molar refractivity (Wildman–Crippen MR) is 89.1 cm³/mol. The Kier molecular flexibility index (Phi) is 4.60. The second-order valence-corrected chi connectivity index (χ2v) is 7.89. The molecule has 0 aromatic heterocycles. The molecule has 2 aliphatic heterocycles. The molecule has 8 heteroatoms. The molecule has 0 saturated carbocycles. The maximum atomic E-state index is 12.7. The van der Waals surface area contributed by atoms with Gasteiger partial charge in [-0.15, -0.1) is 0 Å². The van der Waals surface area contributed by atoms with Crippen LogP contribution in [0.5, 0.6) is 0 Å². The Labute approximate surface area is 141 Å². The minimum absolute atomic E-state index is 0.00168. The van der Waals surface area contributed by atoms with Crippen LogP contribution in [0.2, 0.25) is 0 Å². The minimum Gasteiger partial charge on any atom is -0.355 e. The molecule has 24 heavy (non-hydrogen) atoms. The van der Waals surface area contributed by atoms with E-state index < -0.39 is 16.1 Å². The largest absolute Gasteiger partial charge is 0.355 e. The summed E-state index contributed by atoms with van der Waals surface area (Å²) >= 11 is 0. The van der Waals surface area contributed by atoms with E-state index in [1.54, 1.807) is 24.0 Å². The van der Waals surface area contributed by atoms with Gasteiger partial charge in [0.15, 0.2) is 0 Å². The molecule has 0 unspecified atom stereocenters. The van der Waals surface area contributed by atoms with Gasteiger partial charge in [0, 0.05) is 25.2 Å². The number of amides is 2. The van der Waals surface area contributed by atoms with Crippen molar-refractivity contribution in [3.05, 3.63) is 23.8 Å². The average Bonchev–Trinajstić information content (AvgIpc) is 2.96. The van der Waals surface area contributed by atoms with Gasteiger partial charge >= 0.3 is 0 Å². The van der Waals surface area contributed by atoms with Crippen molar-refractivity contribution in [1.29, 1.82) is 0 Å². The van der Waals surface area contributed by atoms with Crippen molar-refractivity contribution in [2.45, 2.75) is 43.5 Å². The maximum absolute atomic E-state index is 12.7. The van der Waals surface area contributed by atoms with Crippen LogP contribution in [0.1, 0.15) is 31.2 Å². The van der Waals surface area contributed by atoms with Crippen LogP contribution in [0.25, 0.3) is 0 Å². The lowest BCUT2D eigenvalue weighted by atomic mass is 10.1. The molecule has 130 valence electrons. The molecule has 2 heterocycles. The number of carbonyl (C=O) groups excluding carboxylic acids is 2. The second-order valence-electron chi connectivity index (χ2n) is 6.21. The second kappa shape index (κ2) is 6.52. The standard InChI is InChI=1S/C16H21N3O4S/c1-11-6-7-12(19-9-3-5-15(19)20)10-14(11)24(22,23)18-13-4-2-8-17-16(13)21/h6-7,10,13,18H,2-5,8-9H2,1H3,(H,17,21)/t13-/m1/s1. The number of benzene rings is 1. The van der Waals surface area contributed by atoms with Crippen LogP contribution in [0.4, 0.5) is 5.69 Å². The van der Waals surface area contributed by atoms with E-state index in [4.69, 9.17) is 0 Å². The van der Waals surface area contributed by atoms with Gasteiger partial charge in [-0.3, -0.25) is 9.59 Å². The third kappa shape index (κ3) is 3.29. The Morgan fingerprint density at radius 2 is 2.04 bits per heavy atom. The number of aryl methyl sites for hydroxylation is 1. The molecule has 0 radical (unpaired) electrons. The number of hydrogen-bond acceptors (Lipinski definition) is 4. The van der Waals surface area contributed by atoms with Gasteiger partial charge in [0.05, 0.1) is 4.90 Å². The molecule has 2 fully saturated rings. The van der Waals surface area contributed by atoms with E-state index in [9.17, 15) is 18.0 Å². The Balaban J connectivity index is 1.89. The van der Waals surface area contributed by atoms with E-state index in [-0.39, 0.29) is 16.7 Å². The number of nitrogens with zero attached hydrogens (tertiary/aromatic N) is 1. The van der Waals surface area contributed by atoms with Crippen molar-refractivity contribution in [2.75, 3.05) is 18.0 Å². The summed E-state index contributed by atoms with van der Waals surface area (Å²) in [6, 6.07) is 4.21. The Morgan fingerprint density at radius 1 is 1.25 bits per heavy atom. The zero-order valence-electron chi connectivity index (χ0n) is 13.5. The topological polar surface area (TPSA) is 95.6 Å². The van der Waals surface area contributed by atoms with Crippen LogP contribution in [0, 0.1) is 6.92 Å². The van der Waals surface area contributed by atoms with E-state index in [0.717, 1.165) is 12.8 Å². The first-order valence-electron chi connectivity index (χ1n) is 8.09. The molecule has 0 aliphatic carbocycles. The number of nitrogens with one attached hydrogen (secondary N) is 2. The van der Waals surface area contributed by atoms with Crippen molar-refractivity contribution < 1.29 is 18.0 Å². The van der Waals surface area contributed by atoms with Crippen molar-refractivity contribution in [1.82, 2.24) is 10.0 Å². The molecule has 2 saturated heterocycles. The quantitative estimate of drug-likeness (QED) is 0.834. The average molecular weight is 351 g/mol. The summed E-state index contributed by atoms with van der Waals surface area (Å²) in [6.07, 6.45) is 2.47. The lowest BCUT2D eigenvalue weighted by molar-refractivity contribution is -0.124. The van der Waals surface area contributed by atoms with Gasteiger partial charge in [-0.1, -0.05) is 6.07 Å². The lowest BCUT2D eigenvalue weighted by Crippen LogP contribution is -2.50. The molecule has 0 bridgehead atoms. The predicted octanol–water partition coefficient (Wildman–Crippen LogP) is 0.679. The molecule has 2 N–H and O–H groups in total. The zero-order valence-corrected chi connectivity index (χ0v) is 14.4. The van der Waals surface area contributed by atoms with E-state index in [2.05, 4.69) is 10.0 Å². The summed E-state index contributed by atoms with van der Waals surface area (Å²) in [6.45, 7) is 2.87. The van der Waals surface area contributed by atoms with Gasteiger partial charge in [-0.2, -0.15) is 4.72 Å². The number of rotatable bonds is 4. The molecule has 7 nitrogen and oxygen atoms in total. The first kappa shape index (κ1) is 16.9. The molecule has 3 rings (SSSR count). The van der Waals surface area contributed by atoms with Gasteiger partial charge in [-0.05, 0) is 43.9 Å². The highest BCUT2D eigenvalue weighted by molar-refractivity contribution is 7.89. The van der Waals surface area contributed by atoms with Crippen molar-refractivity contribution in [3.63, 3.8) is 0 Å². The van der Waals surface area contributed by atoms with E-state index in [1.165, 1.54) is 6.07 Å². The number of anilines is 1. The molecular formula is C16H21N3O4S. The number of carbonyl (C=O) groups is 2. The number of sulfonamides is 1. The summed E-state index contributed by atoms with van der Waals surface area (Å²) in [7, 11) is -3.84. The SMILES string of the molecule is Cc1ccc(N2CCCC2=O)cc1S(=O)(=O)N[C@@H]1CCCNC1=O. The summed E-state index contributed by atoms with van der Waals surface area (Å²) in [5.74, 6) is -0.296. The van der Waals surface area contributed by atoms with Gasteiger partial charge in [0.25, 0.3) is 0 Å². The summed E-state index contributed by atoms with van der Waals surface area (Å²) in [5.41, 5.74) is 1.16. The fourth-order valence-electron chi connectivity index (χ4n) is 3.10. The highest BCUT2D eigenvalue weighted by Gasteiger charge is 2.29. The zero-order chi connectivity index (χ0) is 17.3. The molecule has 1 atom stereocenters.